The van der Waals surface area contributed by atoms with E-state index in [1.807, 2.05) is 30.3 Å². The second kappa shape index (κ2) is 6.87. The van der Waals surface area contributed by atoms with Gasteiger partial charge in [0.05, 0.1) is 7.11 Å². The molecule has 0 aromatic heterocycles. The molecule has 5 nitrogen and oxygen atoms in total. The van der Waals surface area contributed by atoms with E-state index in [4.69, 9.17) is 5.53 Å². The molecule has 0 bridgehead atoms. The highest BCUT2D eigenvalue weighted by Crippen LogP contribution is 2.04. The number of allylic oxidation sites excluding steroid dienone is 2. The van der Waals surface area contributed by atoms with Gasteiger partial charge in [-0.2, -0.15) is 0 Å². The molecule has 0 aliphatic heterocycles. The van der Waals surface area contributed by atoms with Crippen LogP contribution in [0.2, 0.25) is 0 Å². The Morgan fingerprint density at radius 3 is 2.71 bits per heavy atom. The van der Waals surface area contributed by atoms with Gasteiger partial charge in [-0.3, -0.25) is 0 Å². The fraction of sp³-hybridized carbons (Fsp3) is 0.0833. The first kappa shape index (κ1) is 12.5. The summed E-state index contributed by atoms with van der Waals surface area (Å²) in [5, 5.41) is 3.24. The summed E-state index contributed by atoms with van der Waals surface area (Å²) >= 11 is 0. The van der Waals surface area contributed by atoms with Gasteiger partial charge in [0.2, 0.25) is 0 Å². The van der Waals surface area contributed by atoms with E-state index in [0.29, 0.717) is 0 Å². The van der Waals surface area contributed by atoms with Crippen molar-refractivity contribution in [3.05, 3.63) is 64.2 Å². The van der Waals surface area contributed by atoms with Crippen molar-refractivity contribution in [1.29, 1.82) is 0 Å². The predicted octanol–water partition coefficient (Wildman–Crippen LogP) is 3.07. The standard InChI is InChI=1S/C12H11N3O2/c1-17-12(16)11(14-15-13)9-5-8-10-6-3-2-4-7-10/h2-9H,1H3/b8-5+,11-9-. The quantitative estimate of drug-likeness (QED) is 0.199. The molecule has 0 aliphatic rings. The van der Waals surface area contributed by atoms with Crippen LogP contribution in [0, 0.1) is 0 Å². The van der Waals surface area contributed by atoms with Crippen LogP contribution in [0.5, 0.6) is 0 Å². The monoisotopic (exact) mass is 229 g/mol. The van der Waals surface area contributed by atoms with E-state index in [9.17, 15) is 4.79 Å². The average molecular weight is 229 g/mol. The van der Waals surface area contributed by atoms with Crippen LogP contribution in [0.4, 0.5) is 0 Å². The number of carbonyl (C=O) groups excluding carboxylic acids is 1. The molecular weight excluding hydrogens is 218 g/mol. The van der Waals surface area contributed by atoms with Crippen molar-refractivity contribution < 1.29 is 9.53 Å². The third-order valence-electron chi connectivity index (χ3n) is 1.89. The van der Waals surface area contributed by atoms with E-state index >= 15 is 0 Å². The number of carbonyl (C=O) groups is 1. The van der Waals surface area contributed by atoms with Crippen molar-refractivity contribution in [2.75, 3.05) is 7.11 Å². The van der Waals surface area contributed by atoms with Gasteiger partial charge >= 0.3 is 5.97 Å². The van der Waals surface area contributed by atoms with Crippen molar-refractivity contribution >= 4 is 12.0 Å². The minimum Gasteiger partial charge on any atom is -0.466 e. The van der Waals surface area contributed by atoms with Gasteiger partial charge in [-0.1, -0.05) is 47.6 Å². The zero-order chi connectivity index (χ0) is 12.5. The van der Waals surface area contributed by atoms with Gasteiger partial charge in [0, 0.05) is 4.91 Å². The van der Waals surface area contributed by atoms with Gasteiger partial charge in [-0.25, -0.2) is 4.79 Å². The minimum atomic E-state index is -0.666. The van der Waals surface area contributed by atoms with Crippen molar-refractivity contribution in [1.82, 2.24) is 0 Å². The summed E-state index contributed by atoms with van der Waals surface area (Å²) in [6, 6.07) is 9.54. The van der Waals surface area contributed by atoms with E-state index in [0.717, 1.165) is 5.56 Å². The molecule has 0 radical (unpaired) electrons. The molecule has 0 fully saturated rings. The lowest BCUT2D eigenvalue weighted by atomic mass is 10.2. The number of rotatable bonds is 4. The molecule has 0 saturated heterocycles. The van der Waals surface area contributed by atoms with Gasteiger partial charge in [-0.05, 0) is 17.2 Å². The highest BCUT2D eigenvalue weighted by atomic mass is 16.5. The van der Waals surface area contributed by atoms with E-state index in [-0.39, 0.29) is 5.70 Å². The van der Waals surface area contributed by atoms with Crippen LogP contribution < -0.4 is 0 Å². The Morgan fingerprint density at radius 1 is 1.41 bits per heavy atom. The second-order valence-electron chi connectivity index (χ2n) is 3.00. The third-order valence-corrected chi connectivity index (χ3v) is 1.89. The molecular formula is C12H11N3O2. The number of azide groups is 1. The predicted molar refractivity (Wildman–Crippen MR) is 64.7 cm³/mol. The van der Waals surface area contributed by atoms with E-state index in [2.05, 4.69) is 14.8 Å². The zero-order valence-corrected chi connectivity index (χ0v) is 9.28. The first-order chi connectivity index (χ1) is 8.27. The van der Waals surface area contributed by atoms with E-state index in [1.54, 1.807) is 12.2 Å². The number of esters is 1. The fourth-order valence-electron chi connectivity index (χ4n) is 1.11. The minimum absolute atomic E-state index is 0.0813. The number of hydrogen-bond acceptors (Lipinski definition) is 3. The Bertz CT molecular complexity index is 486. The van der Waals surface area contributed by atoms with Crippen LogP contribution in [0.15, 0.2) is 53.3 Å². The van der Waals surface area contributed by atoms with Crippen LogP contribution >= 0.6 is 0 Å². The number of nitrogens with zero attached hydrogens (tertiary/aromatic N) is 3. The van der Waals surface area contributed by atoms with E-state index < -0.39 is 5.97 Å². The van der Waals surface area contributed by atoms with Crippen molar-refractivity contribution in [3.8, 4) is 0 Å². The molecule has 5 heteroatoms. The Kier molecular flexibility index (Phi) is 5.07. The summed E-state index contributed by atoms with van der Waals surface area (Å²) in [6.45, 7) is 0. The SMILES string of the molecule is COC(=O)/C(=C/C=C/c1ccccc1)N=[N+]=[N-]. The number of benzene rings is 1. The molecule has 1 aromatic carbocycles. The number of methoxy groups -OCH3 is 1. The molecule has 86 valence electrons. The van der Waals surface area contributed by atoms with Crippen LogP contribution in [-0.2, 0) is 9.53 Å². The Labute approximate surface area is 98.7 Å². The van der Waals surface area contributed by atoms with Gasteiger partial charge in [0.25, 0.3) is 0 Å². The van der Waals surface area contributed by atoms with Gasteiger partial charge in [0.15, 0.2) is 0 Å². The van der Waals surface area contributed by atoms with Crippen LogP contribution in [0.3, 0.4) is 0 Å². The van der Waals surface area contributed by atoms with Gasteiger partial charge in [0.1, 0.15) is 5.70 Å². The molecule has 0 aliphatic carbocycles. The summed E-state index contributed by atoms with van der Waals surface area (Å²) in [5.74, 6) is -0.666. The number of hydrogen-bond donors (Lipinski definition) is 0. The lowest BCUT2D eigenvalue weighted by molar-refractivity contribution is -0.136. The molecule has 0 spiro atoms. The van der Waals surface area contributed by atoms with Gasteiger partial charge in [-0.15, -0.1) is 0 Å². The van der Waals surface area contributed by atoms with Crippen LogP contribution in [-0.4, -0.2) is 13.1 Å². The molecule has 0 heterocycles. The largest absolute Gasteiger partial charge is 0.466 e. The maximum atomic E-state index is 11.2. The van der Waals surface area contributed by atoms with Crippen LogP contribution in [0.1, 0.15) is 5.56 Å². The summed E-state index contributed by atoms with van der Waals surface area (Å²) < 4.78 is 4.46. The normalized spacial score (nSPS) is 11.0. The van der Waals surface area contributed by atoms with Crippen molar-refractivity contribution in [3.63, 3.8) is 0 Å². The maximum absolute atomic E-state index is 11.2. The fourth-order valence-corrected chi connectivity index (χ4v) is 1.11. The lowest BCUT2D eigenvalue weighted by Crippen LogP contribution is -2.01. The average Bonchev–Trinajstić information content (AvgIpc) is 2.38. The molecule has 1 aromatic rings. The molecule has 17 heavy (non-hydrogen) atoms. The highest BCUT2D eigenvalue weighted by molar-refractivity contribution is 5.88. The Morgan fingerprint density at radius 2 is 2.12 bits per heavy atom. The molecule has 0 unspecified atom stereocenters. The number of ether oxygens (including phenoxy) is 1. The summed E-state index contributed by atoms with van der Waals surface area (Å²) in [5.41, 5.74) is 9.18. The molecule has 0 saturated carbocycles. The van der Waals surface area contributed by atoms with Crippen LogP contribution in [0.25, 0.3) is 16.5 Å². The first-order valence-corrected chi connectivity index (χ1v) is 4.84. The molecule has 0 N–H and O–H groups in total. The van der Waals surface area contributed by atoms with Crippen molar-refractivity contribution in [2.24, 2.45) is 5.11 Å². The summed E-state index contributed by atoms with van der Waals surface area (Å²) in [6.07, 6.45) is 4.81. The topological polar surface area (TPSA) is 75.1 Å². The third kappa shape index (κ3) is 4.24. The Hall–Kier alpha value is -2.52. The highest BCUT2D eigenvalue weighted by Gasteiger charge is 2.04. The molecule has 1 rings (SSSR count). The summed E-state index contributed by atoms with van der Waals surface area (Å²) in [4.78, 5) is 13.7. The van der Waals surface area contributed by atoms with Crippen molar-refractivity contribution in [2.45, 2.75) is 0 Å². The van der Waals surface area contributed by atoms with Gasteiger partial charge < -0.3 is 4.74 Å². The second-order valence-corrected chi connectivity index (χ2v) is 3.00. The first-order valence-electron chi connectivity index (χ1n) is 4.84. The summed E-state index contributed by atoms with van der Waals surface area (Å²) in [7, 11) is 1.23. The molecule has 0 atom stereocenters. The molecule has 0 amide bonds. The smallest absolute Gasteiger partial charge is 0.340 e. The lowest BCUT2D eigenvalue weighted by Gasteiger charge is -1.95. The zero-order valence-electron chi connectivity index (χ0n) is 9.28. The van der Waals surface area contributed by atoms with E-state index in [1.165, 1.54) is 13.2 Å². The maximum Gasteiger partial charge on any atom is 0.340 e. The Balaban J connectivity index is 2.83.